The van der Waals surface area contributed by atoms with Crippen molar-refractivity contribution in [3.63, 3.8) is 0 Å². The molecule has 2 aromatic carbocycles. The van der Waals surface area contributed by atoms with Crippen LogP contribution >= 0.6 is 0 Å². The van der Waals surface area contributed by atoms with Crippen LogP contribution in [0.5, 0.6) is 11.5 Å². The summed E-state index contributed by atoms with van der Waals surface area (Å²) in [6, 6.07) is 16.2. The first-order valence-electron chi connectivity index (χ1n) is 8.70. The summed E-state index contributed by atoms with van der Waals surface area (Å²) in [7, 11) is 1.72. The monoisotopic (exact) mass is 339 g/mol. The van der Waals surface area contributed by atoms with Crippen molar-refractivity contribution >= 4 is 11.9 Å². The first-order valence-corrected chi connectivity index (χ1v) is 8.70. The van der Waals surface area contributed by atoms with E-state index < -0.39 is 0 Å². The van der Waals surface area contributed by atoms with Gasteiger partial charge in [-0.3, -0.25) is 5.01 Å². The first kappa shape index (κ1) is 17.1. The fraction of sp³-hybridized carbons (Fsp3) is 0.350. The number of nitrogens with zero attached hydrogens (tertiary/aromatic N) is 3. The third-order valence-corrected chi connectivity index (χ3v) is 4.24. The van der Waals surface area contributed by atoms with Gasteiger partial charge in [-0.25, -0.2) is 0 Å². The second-order valence-electron chi connectivity index (χ2n) is 5.86. The van der Waals surface area contributed by atoms with Gasteiger partial charge in [0.1, 0.15) is 11.5 Å². The lowest BCUT2D eigenvalue weighted by Crippen LogP contribution is -2.44. The van der Waals surface area contributed by atoms with Crippen molar-refractivity contribution in [1.82, 2.24) is 5.01 Å². The lowest BCUT2D eigenvalue weighted by atomic mass is 10.2. The maximum Gasteiger partial charge on any atom is 0.142 e. The van der Waals surface area contributed by atoms with Crippen molar-refractivity contribution in [2.24, 2.45) is 5.10 Å². The molecule has 0 unspecified atom stereocenters. The highest BCUT2D eigenvalue weighted by atomic mass is 16.5. The van der Waals surface area contributed by atoms with Gasteiger partial charge in [0.2, 0.25) is 0 Å². The molecule has 0 spiro atoms. The zero-order valence-electron chi connectivity index (χ0n) is 14.9. The SMILES string of the molecule is CCOc1ccc(/C=N/N2CCN(c3ccccc3OC)CC2)cc1. The van der Waals surface area contributed by atoms with Crippen LogP contribution in [0.4, 0.5) is 5.69 Å². The van der Waals surface area contributed by atoms with E-state index in [1.807, 2.05) is 55.6 Å². The normalized spacial score (nSPS) is 14.8. The molecular formula is C20H25N3O2. The number of methoxy groups -OCH3 is 1. The molecule has 0 N–H and O–H groups in total. The van der Waals surface area contributed by atoms with Crippen LogP contribution in [0.15, 0.2) is 53.6 Å². The molecule has 0 saturated carbocycles. The molecule has 1 saturated heterocycles. The maximum atomic E-state index is 5.46. The van der Waals surface area contributed by atoms with Crippen molar-refractivity contribution in [1.29, 1.82) is 0 Å². The van der Waals surface area contributed by atoms with Crippen LogP contribution in [0.2, 0.25) is 0 Å². The predicted molar refractivity (Wildman–Crippen MR) is 102 cm³/mol. The Kier molecular flexibility index (Phi) is 5.77. The van der Waals surface area contributed by atoms with Gasteiger partial charge in [0.05, 0.1) is 38.7 Å². The largest absolute Gasteiger partial charge is 0.495 e. The summed E-state index contributed by atoms with van der Waals surface area (Å²) < 4.78 is 10.9. The molecule has 1 aliphatic heterocycles. The van der Waals surface area contributed by atoms with Gasteiger partial charge >= 0.3 is 0 Å². The third-order valence-electron chi connectivity index (χ3n) is 4.24. The lowest BCUT2D eigenvalue weighted by Gasteiger charge is -2.35. The molecule has 0 aromatic heterocycles. The van der Waals surface area contributed by atoms with Crippen LogP contribution in [-0.2, 0) is 0 Å². The maximum absolute atomic E-state index is 5.46. The quantitative estimate of drug-likeness (QED) is 0.757. The highest BCUT2D eigenvalue weighted by molar-refractivity contribution is 5.79. The number of ether oxygens (including phenoxy) is 2. The van der Waals surface area contributed by atoms with E-state index in [0.29, 0.717) is 6.61 Å². The van der Waals surface area contributed by atoms with E-state index in [9.17, 15) is 0 Å². The minimum atomic E-state index is 0.684. The van der Waals surface area contributed by atoms with Crippen molar-refractivity contribution in [2.45, 2.75) is 6.92 Å². The molecule has 2 aromatic rings. The van der Waals surface area contributed by atoms with Gasteiger partial charge in [0, 0.05) is 13.1 Å². The predicted octanol–water partition coefficient (Wildman–Crippen LogP) is 3.25. The number of rotatable bonds is 6. The molecule has 0 bridgehead atoms. The molecule has 0 radical (unpaired) electrons. The minimum absolute atomic E-state index is 0.684. The van der Waals surface area contributed by atoms with Crippen LogP contribution < -0.4 is 14.4 Å². The van der Waals surface area contributed by atoms with Crippen molar-refractivity contribution in [3.05, 3.63) is 54.1 Å². The molecule has 1 fully saturated rings. The fourth-order valence-electron chi connectivity index (χ4n) is 2.91. The zero-order valence-corrected chi connectivity index (χ0v) is 14.9. The van der Waals surface area contributed by atoms with E-state index in [-0.39, 0.29) is 0 Å². The molecule has 1 aliphatic rings. The van der Waals surface area contributed by atoms with Gasteiger partial charge in [-0.2, -0.15) is 5.10 Å². The summed E-state index contributed by atoms with van der Waals surface area (Å²) in [6.45, 7) is 6.32. The Labute approximate surface area is 149 Å². The number of hydrogen-bond donors (Lipinski definition) is 0. The molecule has 132 valence electrons. The Morgan fingerprint density at radius 2 is 1.72 bits per heavy atom. The fourth-order valence-corrected chi connectivity index (χ4v) is 2.91. The summed E-state index contributed by atoms with van der Waals surface area (Å²) in [5.41, 5.74) is 2.23. The average molecular weight is 339 g/mol. The van der Waals surface area contributed by atoms with E-state index in [1.165, 1.54) is 0 Å². The lowest BCUT2D eigenvalue weighted by molar-refractivity contribution is 0.271. The Morgan fingerprint density at radius 3 is 2.40 bits per heavy atom. The van der Waals surface area contributed by atoms with E-state index in [4.69, 9.17) is 9.47 Å². The highest BCUT2D eigenvalue weighted by Crippen LogP contribution is 2.28. The molecular weight excluding hydrogens is 314 g/mol. The van der Waals surface area contributed by atoms with Crippen molar-refractivity contribution < 1.29 is 9.47 Å². The van der Waals surface area contributed by atoms with E-state index in [1.54, 1.807) is 7.11 Å². The Balaban J connectivity index is 1.55. The van der Waals surface area contributed by atoms with Gasteiger partial charge in [-0.05, 0) is 48.9 Å². The number of benzene rings is 2. The van der Waals surface area contributed by atoms with Crippen LogP contribution in [0.3, 0.4) is 0 Å². The number of para-hydroxylation sites is 2. The van der Waals surface area contributed by atoms with Crippen LogP contribution in [0.1, 0.15) is 12.5 Å². The van der Waals surface area contributed by atoms with Crippen LogP contribution in [-0.4, -0.2) is 51.1 Å². The van der Waals surface area contributed by atoms with E-state index >= 15 is 0 Å². The number of anilines is 1. The smallest absolute Gasteiger partial charge is 0.142 e. The van der Waals surface area contributed by atoms with Gasteiger partial charge in [-0.1, -0.05) is 12.1 Å². The van der Waals surface area contributed by atoms with Gasteiger partial charge in [0.15, 0.2) is 0 Å². The van der Waals surface area contributed by atoms with Gasteiger partial charge in [-0.15, -0.1) is 0 Å². The minimum Gasteiger partial charge on any atom is -0.495 e. The molecule has 25 heavy (non-hydrogen) atoms. The van der Waals surface area contributed by atoms with E-state index in [2.05, 4.69) is 21.1 Å². The summed E-state index contributed by atoms with van der Waals surface area (Å²) in [5.74, 6) is 1.82. The highest BCUT2D eigenvalue weighted by Gasteiger charge is 2.18. The Hall–Kier alpha value is -2.69. The number of hydrazone groups is 1. The van der Waals surface area contributed by atoms with Gasteiger partial charge in [0.25, 0.3) is 0 Å². The molecule has 0 aliphatic carbocycles. The molecule has 5 nitrogen and oxygen atoms in total. The van der Waals surface area contributed by atoms with Crippen molar-refractivity contribution in [2.75, 3.05) is 44.8 Å². The topological polar surface area (TPSA) is 37.3 Å². The summed E-state index contributed by atoms with van der Waals surface area (Å²) in [4.78, 5) is 2.35. The molecule has 5 heteroatoms. The second kappa shape index (κ2) is 8.42. The average Bonchev–Trinajstić information content (AvgIpc) is 2.68. The summed E-state index contributed by atoms with van der Waals surface area (Å²) in [5, 5.41) is 6.72. The van der Waals surface area contributed by atoms with Gasteiger partial charge < -0.3 is 14.4 Å². The second-order valence-corrected chi connectivity index (χ2v) is 5.86. The van der Waals surface area contributed by atoms with Crippen molar-refractivity contribution in [3.8, 4) is 11.5 Å². The first-order chi connectivity index (χ1) is 12.3. The number of hydrogen-bond acceptors (Lipinski definition) is 5. The van der Waals surface area contributed by atoms with Crippen LogP contribution in [0.25, 0.3) is 0 Å². The molecule has 0 atom stereocenters. The Bertz CT molecular complexity index is 692. The standard InChI is InChI=1S/C20H25N3O2/c1-3-25-18-10-8-17(9-11-18)16-21-23-14-12-22(13-15-23)19-6-4-5-7-20(19)24-2/h4-11,16H,3,12-15H2,1-2H3/b21-16+. The Morgan fingerprint density at radius 1 is 1.00 bits per heavy atom. The molecule has 0 amide bonds. The molecule has 1 heterocycles. The third kappa shape index (κ3) is 4.44. The van der Waals surface area contributed by atoms with E-state index in [0.717, 1.165) is 48.9 Å². The molecule has 3 rings (SSSR count). The van der Waals surface area contributed by atoms with Crippen LogP contribution in [0, 0.1) is 0 Å². The summed E-state index contributed by atoms with van der Waals surface area (Å²) in [6.07, 6.45) is 1.91. The number of piperazine rings is 1. The zero-order chi connectivity index (χ0) is 17.5. The summed E-state index contributed by atoms with van der Waals surface area (Å²) >= 11 is 0.